The molecule has 3 rings (SSSR count). The van der Waals surface area contributed by atoms with Gasteiger partial charge in [0, 0.05) is 24.1 Å². The van der Waals surface area contributed by atoms with Crippen LogP contribution in [0, 0.1) is 11.6 Å². The summed E-state index contributed by atoms with van der Waals surface area (Å²) < 4.78 is 33.3. The minimum atomic E-state index is -1.49. The van der Waals surface area contributed by atoms with Crippen LogP contribution in [0.3, 0.4) is 0 Å². The lowest BCUT2D eigenvalue weighted by atomic mass is 9.99. The normalized spacial score (nSPS) is 12.6. The number of imide groups is 1. The van der Waals surface area contributed by atoms with Gasteiger partial charge in [-0.3, -0.25) is 25.2 Å². The highest BCUT2D eigenvalue weighted by atomic mass is 19.1. The fourth-order valence-electron chi connectivity index (χ4n) is 3.86. The van der Waals surface area contributed by atoms with Crippen LogP contribution < -0.4 is 16.4 Å². The molecule has 0 aliphatic carbocycles. The number of carbonyl (C=O) groups excluding carboxylic acids is 4. The van der Waals surface area contributed by atoms with E-state index in [0.717, 1.165) is 17.0 Å². The first-order valence-corrected chi connectivity index (χ1v) is 12.1. The van der Waals surface area contributed by atoms with E-state index in [0.29, 0.717) is 11.8 Å². The maximum Gasteiger partial charge on any atom is 0.412 e. The molecule has 0 fully saturated rings. The van der Waals surface area contributed by atoms with E-state index < -0.39 is 53.3 Å². The number of anilines is 1. The van der Waals surface area contributed by atoms with E-state index in [1.165, 1.54) is 55.7 Å². The number of rotatable bonds is 7. The van der Waals surface area contributed by atoms with Crippen LogP contribution in [0.25, 0.3) is 0 Å². The highest BCUT2D eigenvalue weighted by molar-refractivity contribution is 6.05. The number of primary amides is 1. The van der Waals surface area contributed by atoms with Crippen molar-refractivity contribution in [1.82, 2.24) is 15.2 Å². The molecule has 0 saturated heterocycles. The predicted octanol–water partition coefficient (Wildman–Crippen LogP) is 4.85. The van der Waals surface area contributed by atoms with Crippen molar-refractivity contribution in [3.63, 3.8) is 0 Å². The zero-order chi connectivity index (χ0) is 29.6. The first-order valence-electron chi connectivity index (χ1n) is 12.1. The number of halogens is 2. The standard InChI is InChI=1S/C28H29F2N5O5/c1-16(19-12-20(29)14-21(30)13-19)35(26(38)34-25(37)18-6-5-11-32-15-18)23(24(31)36)17-7-9-22(10-8-17)33-27(39)40-28(2,3)4/h5-16,23H,1-4H3,(H2,31,36)(H,33,39)(H,34,37,38)/t16-,23-/m1/s1. The van der Waals surface area contributed by atoms with Crippen LogP contribution in [0.4, 0.5) is 24.1 Å². The van der Waals surface area contributed by atoms with Crippen LogP contribution >= 0.6 is 0 Å². The Balaban J connectivity index is 1.99. The molecule has 1 heterocycles. The molecule has 5 amide bonds. The van der Waals surface area contributed by atoms with Crippen molar-refractivity contribution < 1.29 is 32.7 Å². The van der Waals surface area contributed by atoms with Gasteiger partial charge >= 0.3 is 12.1 Å². The topological polar surface area (TPSA) is 144 Å². The van der Waals surface area contributed by atoms with Gasteiger partial charge in [-0.05, 0) is 75.2 Å². The number of amides is 5. The molecule has 0 radical (unpaired) electrons. The van der Waals surface area contributed by atoms with Gasteiger partial charge < -0.3 is 15.4 Å². The Hall–Kier alpha value is -4.87. The quantitative estimate of drug-likeness (QED) is 0.382. The number of nitrogens with one attached hydrogen (secondary N) is 2. The molecule has 0 aliphatic rings. The summed E-state index contributed by atoms with van der Waals surface area (Å²) >= 11 is 0. The van der Waals surface area contributed by atoms with Gasteiger partial charge in [0.25, 0.3) is 5.91 Å². The van der Waals surface area contributed by atoms with Crippen LogP contribution in [0.2, 0.25) is 0 Å². The highest BCUT2D eigenvalue weighted by Crippen LogP contribution is 2.32. The number of ether oxygens (including phenoxy) is 1. The van der Waals surface area contributed by atoms with Crippen molar-refractivity contribution in [2.75, 3.05) is 5.32 Å². The Morgan fingerprint density at radius 3 is 2.12 bits per heavy atom. The molecule has 1 aromatic heterocycles. The predicted molar refractivity (Wildman–Crippen MR) is 142 cm³/mol. The second-order valence-corrected chi connectivity index (χ2v) is 9.84. The van der Waals surface area contributed by atoms with Gasteiger partial charge in [-0.25, -0.2) is 18.4 Å². The minimum absolute atomic E-state index is 0.0101. The van der Waals surface area contributed by atoms with Gasteiger partial charge in [-0.1, -0.05) is 12.1 Å². The Labute approximate surface area is 229 Å². The number of pyridine rings is 1. The van der Waals surface area contributed by atoms with E-state index in [2.05, 4.69) is 15.6 Å². The second kappa shape index (κ2) is 12.3. The molecule has 4 N–H and O–H groups in total. The second-order valence-electron chi connectivity index (χ2n) is 9.84. The molecule has 2 atom stereocenters. The molecular weight excluding hydrogens is 524 g/mol. The zero-order valence-corrected chi connectivity index (χ0v) is 22.3. The Bertz CT molecular complexity index is 1370. The molecule has 40 heavy (non-hydrogen) atoms. The number of carbonyl (C=O) groups is 4. The largest absolute Gasteiger partial charge is 0.444 e. The number of urea groups is 1. The molecular formula is C28H29F2N5O5. The molecule has 0 bridgehead atoms. The smallest absolute Gasteiger partial charge is 0.412 e. The van der Waals surface area contributed by atoms with Gasteiger partial charge in [0.05, 0.1) is 11.6 Å². The number of hydrogen-bond donors (Lipinski definition) is 3. The lowest BCUT2D eigenvalue weighted by Crippen LogP contribution is -2.49. The van der Waals surface area contributed by atoms with Crippen molar-refractivity contribution in [1.29, 1.82) is 0 Å². The van der Waals surface area contributed by atoms with Crippen LogP contribution in [0.1, 0.15) is 61.3 Å². The van der Waals surface area contributed by atoms with E-state index in [-0.39, 0.29) is 16.7 Å². The Kier molecular flexibility index (Phi) is 9.15. The average Bonchev–Trinajstić information content (AvgIpc) is 2.86. The maximum atomic E-state index is 14.1. The molecule has 2 aromatic carbocycles. The monoisotopic (exact) mass is 553 g/mol. The summed E-state index contributed by atoms with van der Waals surface area (Å²) in [6.07, 6.45) is 1.97. The van der Waals surface area contributed by atoms with Gasteiger partial charge in [-0.15, -0.1) is 0 Å². The third-order valence-electron chi connectivity index (χ3n) is 5.58. The maximum absolute atomic E-state index is 14.1. The van der Waals surface area contributed by atoms with E-state index >= 15 is 0 Å². The first-order chi connectivity index (χ1) is 18.7. The Morgan fingerprint density at radius 1 is 0.975 bits per heavy atom. The molecule has 0 aliphatic heterocycles. The lowest BCUT2D eigenvalue weighted by molar-refractivity contribution is -0.123. The van der Waals surface area contributed by atoms with Gasteiger partial charge in [0.15, 0.2) is 0 Å². The number of nitrogens with two attached hydrogens (primary N) is 1. The van der Waals surface area contributed by atoms with Crippen LogP contribution in [-0.2, 0) is 9.53 Å². The fraction of sp³-hybridized carbons (Fsp3) is 0.250. The molecule has 3 aromatic rings. The SMILES string of the molecule is C[C@H](c1cc(F)cc(F)c1)N(C(=O)NC(=O)c1cccnc1)[C@@H](C(N)=O)c1ccc(NC(=O)OC(C)(C)C)cc1. The van der Waals surface area contributed by atoms with E-state index in [4.69, 9.17) is 10.5 Å². The minimum Gasteiger partial charge on any atom is -0.444 e. The summed E-state index contributed by atoms with van der Waals surface area (Å²) in [4.78, 5) is 55.8. The summed E-state index contributed by atoms with van der Waals surface area (Å²) in [5.74, 6) is -3.61. The van der Waals surface area contributed by atoms with Crippen molar-refractivity contribution in [2.45, 2.75) is 45.4 Å². The molecule has 0 spiro atoms. The number of benzene rings is 2. The van der Waals surface area contributed by atoms with E-state index in [9.17, 15) is 28.0 Å². The summed E-state index contributed by atoms with van der Waals surface area (Å²) in [5, 5.41) is 4.73. The summed E-state index contributed by atoms with van der Waals surface area (Å²) in [5.41, 5.74) is 5.59. The molecule has 10 nitrogen and oxygen atoms in total. The van der Waals surface area contributed by atoms with Crippen LogP contribution in [-0.4, -0.2) is 39.4 Å². The van der Waals surface area contributed by atoms with E-state index in [1.54, 1.807) is 20.8 Å². The van der Waals surface area contributed by atoms with Crippen LogP contribution in [0.5, 0.6) is 0 Å². The van der Waals surface area contributed by atoms with Gasteiger partial charge in [-0.2, -0.15) is 0 Å². The summed E-state index contributed by atoms with van der Waals surface area (Å²) in [6.45, 7) is 6.54. The van der Waals surface area contributed by atoms with Gasteiger partial charge in [0.1, 0.15) is 23.3 Å². The van der Waals surface area contributed by atoms with Crippen molar-refractivity contribution in [3.8, 4) is 0 Å². The Morgan fingerprint density at radius 2 is 1.60 bits per heavy atom. The van der Waals surface area contributed by atoms with Crippen molar-refractivity contribution in [3.05, 3.63) is 95.3 Å². The van der Waals surface area contributed by atoms with Crippen molar-refractivity contribution in [2.24, 2.45) is 5.73 Å². The zero-order valence-electron chi connectivity index (χ0n) is 22.3. The molecule has 210 valence electrons. The van der Waals surface area contributed by atoms with Crippen LogP contribution in [0.15, 0.2) is 67.0 Å². The third-order valence-corrected chi connectivity index (χ3v) is 5.58. The first kappa shape index (κ1) is 29.7. The average molecular weight is 554 g/mol. The van der Waals surface area contributed by atoms with E-state index in [1.807, 2.05) is 0 Å². The third kappa shape index (κ3) is 7.82. The van der Waals surface area contributed by atoms with Gasteiger partial charge in [0.2, 0.25) is 5.91 Å². The number of aromatic nitrogens is 1. The summed E-state index contributed by atoms with van der Waals surface area (Å²) in [7, 11) is 0. The molecule has 0 saturated carbocycles. The van der Waals surface area contributed by atoms with Crippen molar-refractivity contribution >= 4 is 29.6 Å². The lowest BCUT2D eigenvalue weighted by Gasteiger charge is -2.35. The molecule has 12 heteroatoms. The fourth-order valence-corrected chi connectivity index (χ4v) is 3.86. The number of nitrogens with zero attached hydrogens (tertiary/aromatic N) is 2. The number of hydrogen-bond acceptors (Lipinski definition) is 6. The summed E-state index contributed by atoms with van der Waals surface area (Å²) in [6, 6.07) is 7.70. The molecule has 0 unspecified atom stereocenters. The highest BCUT2D eigenvalue weighted by Gasteiger charge is 2.35.